The van der Waals surface area contributed by atoms with Crippen molar-refractivity contribution in [3.63, 3.8) is 0 Å². The molecule has 1 N–H and O–H groups in total. The Balaban J connectivity index is 1.82. The molecule has 0 atom stereocenters. The van der Waals surface area contributed by atoms with E-state index in [9.17, 15) is 0 Å². The molecule has 4 nitrogen and oxygen atoms in total. The molecule has 0 unspecified atom stereocenters. The van der Waals surface area contributed by atoms with Gasteiger partial charge in [0.25, 0.3) is 0 Å². The zero-order valence-corrected chi connectivity index (χ0v) is 10.2. The summed E-state index contributed by atoms with van der Waals surface area (Å²) in [5.74, 6) is 0. The first kappa shape index (κ1) is 11.2. The molecule has 0 aliphatic carbocycles. The van der Waals surface area contributed by atoms with Gasteiger partial charge in [-0.3, -0.25) is 4.98 Å². The van der Waals surface area contributed by atoms with Crippen LogP contribution < -0.4 is 5.32 Å². The van der Waals surface area contributed by atoms with E-state index in [0.717, 1.165) is 29.0 Å². The fraction of sp³-hybridized carbons (Fsp3) is 0.182. The monoisotopic (exact) mass is 278 g/mol. The highest BCUT2D eigenvalue weighted by atomic mass is 79.9. The zero-order chi connectivity index (χ0) is 11.2. The van der Waals surface area contributed by atoms with Gasteiger partial charge in [0.2, 0.25) is 0 Å². The van der Waals surface area contributed by atoms with Gasteiger partial charge in [0.05, 0.1) is 11.4 Å². The zero-order valence-electron chi connectivity index (χ0n) is 8.60. The Kier molecular flexibility index (Phi) is 3.96. The highest BCUT2D eigenvalue weighted by Gasteiger charge is 1.95. The van der Waals surface area contributed by atoms with Crippen LogP contribution in [0.25, 0.3) is 0 Å². The number of pyridine rings is 1. The van der Waals surface area contributed by atoms with Gasteiger partial charge >= 0.3 is 0 Å². The van der Waals surface area contributed by atoms with Crippen LogP contribution in [0, 0.1) is 0 Å². The summed E-state index contributed by atoms with van der Waals surface area (Å²) in [6.07, 6.45) is 5.08. The number of nitrogens with one attached hydrogen (secondary N) is 1. The molecule has 16 heavy (non-hydrogen) atoms. The largest absolute Gasteiger partial charge is 0.306 e. The van der Waals surface area contributed by atoms with Crippen LogP contribution in [0.15, 0.2) is 41.4 Å². The fourth-order valence-electron chi connectivity index (χ4n) is 1.25. The molecule has 0 aromatic carbocycles. The third kappa shape index (κ3) is 3.36. The van der Waals surface area contributed by atoms with Crippen molar-refractivity contribution >= 4 is 15.9 Å². The molecule has 2 aromatic rings. The van der Waals surface area contributed by atoms with Crippen molar-refractivity contribution in [2.45, 2.75) is 13.1 Å². The molecule has 0 bridgehead atoms. The highest BCUT2D eigenvalue weighted by Crippen LogP contribution is 2.07. The standard InChI is InChI=1S/C11H11BrN4/c12-9-1-2-10(15-5-9)6-14-7-11-3-4-13-8-16-11/h1-5,8,14H,6-7H2. The minimum absolute atomic E-state index is 0.722. The Labute approximate surface area is 102 Å². The summed E-state index contributed by atoms with van der Waals surface area (Å²) in [4.78, 5) is 12.3. The Morgan fingerprint density at radius 2 is 1.88 bits per heavy atom. The number of rotatable bonds is 4. The van der Waals surface area contributed by atoms with Gasteiger partial charge < -0.3 is 5.32 Å². The van der Waals surface area contributed by atoms with Crippen molar-refractivity contribution in [1.29, 1.82) is 0 Å². The average molecular weight is 279 g/mol. The minimum Gasteiger partial charge on any atom is -0.306 e. The number of hydrogen-bond donors (Lipinski definition) is 1. The summed E-state index contributed by atoms with van der Waals surface area (Å²) in [7, 11) is 0. The average Bonchev–Trinajstić information content (AvgIpc) is 2.33. The summed E-state index contributed by atoms with van der Waals surface area (Å²) >= 11 is 3.35. The SMILES string of the molecule is Brc1ccc(CNCc2ccncn2)nc1. The molecule has 0 aliphatic heterocycles. The van der Waals surface area contributed by atoms with E-state index in [-0.39, 0.29) is 0 Å². The predicted molar refractivity (Wildman–Crippen MR) is 64.5 cm³/mol. The first-order valence-corrected chi connectivity index (χ1v) is 5.70. The predicted octanol–water partition coefficient (Wildman–Crippen LogP) is 1.92. The second kappa shape index (κ2) is 5.67. The molecule has 2 rings (SSSR count). The van der Waals surface area contributed by atoms with Gasteiger partial charge in [-0.15, -0.1) is 0 Å². The fourth-order valence-corrected chi connectivity index (χ4v) is 1.49. The van der Waals surface area contributed by atoms with E-state index in [2.05, 4.69) is 36.2 Å². The van der Waals surface area contributed by atoms with Crippen LogP contribution in [0.4, 0.5) is 0 Å². The van der Waals surface area contributed by atoms with Gasteiger partial charge in [-0.1, -0.05) is 0 Å². The number of hydrogen-bond acceptors (Lipinski definition) is 4. The third-order valence-electron chi connectivity index (χ3n) is 2.04. The summed E-state index contributed by atoms with van der Waals surface area (Å²) in [5, 5.41) is 3.27. The van der Waals surface area contributed by atoms with Crippen molar-refractivity contribution in [1.82, 2.24) is 20.3 Å². The molecule has 0 aliphatic rings. The van der Waals surface area contributed by atoms with Crippen LogP contribution in [0.3, 0.4) is 0 Å². The van der Waals surface area contributed by atoms with Gasteiger partial charge in [0, 0.05) is 30.0 Å². The van der Waals surface area contributed by atoms with Gasteiger partial charge in [0.1, 0.15) is 6.33 Å². The lowest BCUT2D eigenvalue weighted by Gasteiger charge is -2.03. The molecule has 0 spiro atoms. The summed E-state index contributed by atoms with van der Waals surface area (Å²) in [6, 6.07) is 5.85. The molecule has 0 saturated carbocycles. The van der Waals surface area contributed by atoms with Crippen LogP contribution in [0.2, 0.25) is 0 Å². The van der Waals surface area contributed by atoms with E-state index in [1.807, 2.05) is 18.2 Å². The van der Waals surface area contributed by atoms with Crippen LogP contribution in [0.1, 0.15) is 11.4 Å². The molecule has 82 valence electrons. The van der Waals surface area contributed by atoms with Gasteiger partial charge in [-0.2, -0.15) is 0 Å². The van der Waals surface area contributed by atoms with Crippen LogP contribution in [0.5, 0.6) is 0 Å². The van der Waals surface area contributed by atoms with E-state index >= 15 is 0 Å². The van der Waals surface area contributed by atoms with E-state index in [4.69, 9.17) is 0 Å². The van der Waals surface area contributed by atoms with Gasteiger partial charge in [-0.05, 0) is 34.1 Å². The van der Waals surface area contributed by atoms with Crippen LogP contribution in [-0.4, -0.2) is 15.0 Å². The molecular formula is C11H11BrN4. The lowest BCUT2D eigenvalue weighted by molar-refractivity contribution is 0.665. The Morgan fingerprint density at radius 3 is 2.50 bits per heavy atom. The van der Waals surface area contributed by atoms with Crippen molar-refractivity contribution in [2.24, 2.45) is 0 Å². The smallest absolute Gasteiger partial charge is 0.115 e. The quantitative estimate of drug-likeness (QED) is 0.929. The molecule has 5 heteroatoms. The maximum absolute atomic E-state index is 4.27. The molecule has 0 amide bonds. The molecular weight excluding hydrogens is 268 g/mol. The van der Waals surface area contributed by atoms with Crippen molar-refractivity contribution in [3.8, 4) is 0 Å². The van der Waals surface area contributed by atoms with Crippen LogP contribution >= 0.6 is 15.9 Å². The van der Waals surface area contributed by atoms with E-state index in [1.165, 1.54) is 0 Å². The normalized spacial score (nSPS) is 10.3. The summed E-state index contributed by atoms with van der Waals surface area (Å²) in [6.45, 7) is 1.46. The molecule has 0 fully saturated rings. The van der Waals surface area contributed by atoms with Crippen LogP contribution in [-0.2, 0) is 13.1 Å². The van der Waals surface area contributed by atoms with Gasteiger partial charge in [-0.25, -0.2) is 9.97 Å². The lowest BCUT2D eigenvalue weighted by Crippen LogP contribution is -2.14. The maximum atomic E-state index is 4.27. The molecule has 2 heterocycles. The minimum atomic E-state index is 0.722. The third-order valence-corrected chi connectivity index (χ3v) is 2.51. The van der Waals surface area contributed by atoms with Crippen molar-refractivity contribution < 1.29 is 0 Å². The Hall–Kier alpha value is -1.33. The Bertz CT molecular complexity index is 429. The van der Waals surface area contributed by atoms with E-state index in [1.54, 1.807) is 18.7 Å². The topological polar surface area (TPSA) is 50.7 Å². The molecule has 0 radical (unpaired) electrons. The second-order valence-corrected chi connectivity index (χ2v) is 4.19. The maximum Gasteiger partial charge on any atom is 0.115 e. The molecule has 2 aromatic heterocycles. The van der Waals surface area contributed by atoms with Gasteiger partial charge in [0.15, 0.2) is 0 Å². The lowest BCUT2D eigenvalue weighted by atomic mass is 10.3. The summed E-state index contributed by atoms with van der Waals surface area (Å²) in [5.41, 5.74) is 1.99. The molecule has 0 saturated heterocycles. The Morgan fingerprint density at radius 1 is 1.06 bits per heavy atom. The first-order chi connectivity index (χ1) is 7.84. The van der Waals surface area contributed by atoms with Crippen molar-refractivity contribution in [3.05, 3.63) is 52.8 Å². The first-order valence-electron chi connectivity index (χ1n) is 4.90. The van der Waals surface area contributed by atoms with Crippen molar-refractivity contribution in [2.75, 3.05) is 0 Å². The highest BCUT2D eigenvalue weighted by molar-refractivity contribution is 9.10. The number of aromatic nitrogens is 3. The number of halogens is 1. The number of nitrogens with zero attached hydrogens (tertiary/aromatic N) is 3. The van der Waals surface area contributed by atoms with E-state index in [0.29, 0.717) is 0 Å². The van der Waals surface area contributed by atoms with E-state index < -0.39 is 0 Å². The summed E-state index contributed by atoms with van der Waals surface area (Å²) < 4.78 is 0.993. The second-order valence-electron chi connectivity index (χ2n) is 3.27.